The average Bonchev–Trinajstić information content (AvgIpc) is 2.28. The molecule has 5 heteroatoms. The molecule has 0 spiro atoms. The highest BCUT2D eigenvalue weighted by atomic mass is 35.5. The van der Waals surface area contributed by atoms with Crippen LogP contribution in [0, 0.1) is 0 Å². The molecule has 0 amide bonds. The highest BCUT2D eigenvalue weighted by molar-refractivity contribution is 6.33. The molecule has 0 aromatic heterocycles. The topological polar surface area (TPSA) is 55.8 Å². The second-order valence-corrected chi connectivity index (χ2v) is 4.92. The minimum absolute atomic E-state index is 0.0706. The summed E-state index contributed by atoms with van der Waals surface area (Å²) in [5.74, 6) is -0.496. The van der Waals surface area contributed by atoms with E-state index >= 15 is 0 Å². The van der Waals surface area contributed by atoms with Gasteiger partial charge in [-0.3, -0.25) is 0 Å². The fourth-order valence-electron chi connectivity index (χ4n) is 1.28. The third-order valence-electron chi connectivity index (χ3n) is 2.70. The number of carboxylic acids is 1. The predicted octanol–water partition coefficient (Wildman–Crippen LogP) is 3.23. The van der Waals surface area contributed by atoms with E-state index in [0.717, 1.165) is 6.42 Å². The van der Waals surface area contributed by atoms with Gasteiger partial charge in [0.2, 0.25) is 0 Å². The largest absolute Gasteiger partial charge is 0.493 e. The van der Waals surface area contributed by atoms with Gasteiger partial charge in [0.25, 0.3) is 0 Å². The predicted molar refractivity (Wildman–Crippen MR) is 69.6 cm³/mol. The molecule has 0 aliphatic carbocycles. The summed E-state index contributed by atoms with van der Waals surface area (Å²) in [6.07, 6.45) is 0.724. The Balaban J connectivity index is 2.59. The number of ether oxygens (including phenoxy) is 2. The van der Waals surface area contributed by atoms with E-state index in [-0.39, 0.29) is 16.2 Å². The molecule has 0 aliphatic rings. The molecule has 0 unspecified atom stereocenters. The zero-order valence-electron chi connectivity index (χ0n) is 10.7. The summed E-state index contributed by atoms with van der Waals surface area (Å²) in [4.78, 5) is 10.8. The van der Waals surface area contributed by atoms with E-state index in [1.807, 2.05) is 13.8 Å². The van der Waals surface area contributed by atoms with E-state index in [1.165, 1.54) is 12.1 Å². The number of aromatic carboxylic acids is 1. The Hall–Kier alpha value is -1.26. The summed E-state index contributed by atoms with van der Waals surface area (Å²) in [5.41, 5.74) is -0.175. The summed E-state index contributed by atoms with van der Waals surface area (Å²) in [7, 11) is 1.65. The van der Waals surface area contributed by atoms with E-state index in [4.69, 9.17) is 26.2 Å². The number of carbonyl (C=O) groups is 1. The molecule has 1 N–H and O–H groups in total. The summed E-state index contributed by atoms with van der Waals surface area (Å²) < 4.78 is 10.8. The van der Waals surface area contributed by atoms with Gasteiger partial charge >= 0.3 is 5.97 Å². The number of hydrogen-bond acceptors (Lipinski definition) is 3. The Bertz CT molecular complexity index is 429. The Morgan fingerprint density at radius 3 is 2.61 bits per heavy atom. The second kappa shape index (κ2) is 6.07. The number of hydrogen-bond donors (Lipinski definition) is 1. The first-order chi connectivity index (χ1) is 8.35. The molecule has 1 aromatic carbocycles. The standard InChI is InChI=1S/C13H17ClO4/c1-13(2,17-3)6-7-18-9-4-5-10(12(15)16)11(14)8-9/h4-5,8H,6-7H2,1-3H3,(H,15,16). The van der Waals surface area contributed by atoms with Crippen molar-refractivity contribution in [2.24, 2.45) is 0 Å². The van der Waals surface area contributed by atoms with Crippen LogP contribution in [0.2, 0.25) is 5.02 Å². The molecule has 0 saturated carbocycles. The number of benzene rings is 1. The van der Waals surface area contributed by atoms with E-state index in [2.05, 4.69) is 0 Å². The smallest absolute Gasteiger partial charge is 0.337 e. The first-order valence-electron chi connectivity index (χ1n) is 5.56. The fourth-order valence-corrected chi connectivity index (χ4v) is 1.53. The zero-order valence-corrected chi connectivity index (χ0v) is 11.5. The summed E-state index contributed by atoms with van der Waals surface area (Å²) >= 11 is 5.83. The van der Waals surface area contributed by atoms with Gasteiger partial charge in [-0.15, -0.1) is 0 Å². The maximum Gasteiger partial charge on any atom is 0.337 e. The molecule has 0 heterocycles. The third-order valence-corrected chi connectivity index (χ3v) is 3.01. The van der Waals surface area contributed by atoms with Gasteiger partial charge in [-0.25, -0.2) is 4.79 Å². The molecule has 0 fully saturated rings. The monoisotopic (exact) mass is 272 g/mol. The lowest BCUT2D eigenvalue weighted by atomic mass is 10.1. The lowest BCUT2D eigenvalue weighted by Gasteiger charge is -2.22. The minimum atomic E-state index is -1.05. The van der Waals surface area contributed by atoms with Crippen molar-refractivity contribution >= 4 is 17.6 Å². The lowest BCUT2D eigenvalue weighted by Crippen LogP contribution is -2.25. The Kier molecular flexibility index (Phi) is 4.99. The lowest BCUT2D eigenvalue weighted by molar-refractivity contribution is 0.00546. The van der Waals surface area contributed by atoms with Crippen LogP contribution < -0.4 is 4.74 Å². The van der Waals surface area contributed by atoms with E-state index in [0.29, 0.717) is 12.4 Å². The Morgan fingerprint density at radius 1 is 1.44 bits per heavy atom. The second-order valence-electron chi connectivity index (χ2n) is 4.51. The van der Waals surface area contributed by atoms with E-state index in [1.54, 1.807) is 13.2 Å². The van der Waals surface area contributed by atoms with Gasteiger partial charge in [0.15, 0.2) is 0 Å². The van der Waals surface area contributed by atoms with E-state index in [9.17, 15) is 4.79 Å². The van der Waals surface area contributed by atoms with Crippen LogP contribution in [0.5, 0.6) is 5.75 Å². The molecule has 0 aliphatic heterocycles. The van der Waals surface area contributed by atoms with Crippen LogP contribution in [-0.2, 0) is 4.74 Å². The number of carboxylic acid groups (broad SMARTS) is 1. The first kappa shape index (κ1) is 14.8. The number of rotatable bonds is 6. The van der Waals surface area contributed by atoms with Gasteiger partial charge in [-0.1, -0.05) is 11.6 Å². The van der Waals surface area contributed by atoms with E-state index < -0.39 is 5.97 Å². The van der Waals surface area contributed by atoms with Crippen molar-refractivity contribution in [2.75, 3.05) is 13.7 Å². The average molecular weight is 273 g/mol. The highest BCUT2D eigenvalue weighted by Gasteiger charge is 2.16. The van der Waals surface area contributed by atoms with Crippen molar-refractivity contribution in [2.45, 2.75) is 25.9 Å². The summed E-state index contributed by atoms with van der Waals surface area (Å²) in [5, 5.41) is 9.00. The maximum absolute atomic E-state index is 10.8. The van der Waals surface area contributed by atoms with Crippen LogP contribution in [0.4, 0.5) is 0 Å². The quantitative estimate of drug-likeness (QED) is 0.864. The Morgan fingerprint density at radius 2 is 2.11 bits per heavy atom. The minimum Gasteiger partial charge on any atom is -0.493 e. The molecular weight excluding hydrogens is 256 g/mol. The summed E-state index contributed by atoms with van der Waals surface area (Å²) in [6.45, 7) is 4.41. The SMILES string of the molecule is COC(C)(C)CCOc1ccc(C(=O)O)c(Cl)c1. The van der Waals surface area contributed by atoms with Gasteiger partial charge in [0.05, 0.1) is 22.8 Å². The zero-order chi connectivity index (χ0) is 13.8. The van der Waals surface area contributed by atoms with Crippen LogP contribution >= 0.6 is 11.6 Å². The molecular formula is C13H17ClO4. The molecule has 18 heavy (non-hydrogen) atoms. The molecule has 0 saturated heterocycles. The van der Waals surface area contributed by atoms with Crippen molar-refractivity contribution in [3.63, 3.8) is 0 Å². The van der Waals surface area contributed by atoms with Crippen LogP contribution in [0.1, 0.15) is 30.6 Å². The van der Waals surface area contributed by atoms with Crippen molar-refractivity contribution in [3.05, 3.63) is 28.8 Å². The summed E-state index contributed by atoms with van der Waals surface area (Å²) in [6, 6.07) is 4.53. The number of halogens is 1. The molecule has 0 radical (unpaired) electrons. The normalized spacial score (nSPS) is 11.3. The maximum atomic E-state index is 10.8. The first-order valence-corrected chi connectivity index (χ1v) is 5.94. The van der Waals surface area contributed by atoms with Crippen molar-refractivity contribution < 1.29 is 19.4 Å². The van der Waals surface area contributed by atoms with Crippen LogP contribution in [0.25, 0.3) is 0 Å². The van der Waals surface area contributed by atoms with Crippen molar-refractivity contribution in [1.29, 1.82) is 0 Å². The van der Waals surface area contributed by atoms with Gasteiger partial charge in [0, 0.05) is 13.5 Å². The fraction of sp³-hybridized carbons (Fsp3) is 0.462. The van der Waals surface area contributed by atoms with Gasteiger partial charge < -0.3 is 14.6 Å². The van der Waals surface area contributed by atoms with Gasteiger partial charge in [0.1, 0.15) is 5.75 Å². The van der Waals surface area contributed by atoms with Crippen LogP contribution in [0.3, 0.4) is 0 Å². The molecule has 4 nitrogen and oxygen atoms in total. The Labute approximate surface area is 111 Å². The van der Waals surface area contributed by atoms with Crippen LogP contribution in [-0.4, -0.2) is 30.4 Å². The number of methoxy groups -OCH3 is 1. The molecule has 0 bridgehead atoms. The van der Waals surface area contributed by atoms with Gasteiger partial charge in [-0.05, 0) is 32.0 Å². The van der Waals surface area contributed by atoms with Crippen molar-refractivity contribution in [1.82, 2.24) is 0 Å². The molecule has 0 atom stereocenters. The van der Waals surface area contributed by atoms with Crippen LogP contribution in [0.15, 0.2) is 18.2 Å². The molecule has 1 aromatic rings. The molecule has 1 rings (SSSR count). The highest BCUT2D eigenvalue weighted by Crippen LogP contribution is 2.23. The van der Waals surface area contributed by atoms with Crippen molar-refractivity contribution in [3.8, 4) is 5.75 Å². The third kappa shape index (κ3) is 4.20. The molecule has 100 valence electrons. The van der Waals surface area contributed by atoms with Gasteiger partial charge in [-0.2, -0.15) is 0 Å².